The first-order chi connectivity index (χ1) is 7.97. The third kappa shape index (κ3) is 1.49. The molecule has 2 aliphatic rings. The fourth-order valence-corrected chi connectivity index (χ4v) is 2.93. The summed E-state index contributed by atoms with van der Waals surface area (Å²) >= 11 is 0. The summed E-state index contributed by atoms with van der Waals surface area (Å²) in [5.74, 6) is 0.970. The van der Waals surface area contributed by atoms with Crippen molar-refractivity contribution >= 4 is 11.8 Å². The maximum Gasteiger partial charge on any atom is 0.256 e. The van der Waals surface area contributed by atoms with E-state index in [1.165, 1.54) is 0 Å². The number of hydrogen-bond donors (Lipinski definition) is 0. The minimum Gasteiger partial charge on any atom is -0.272 e. The van der Waals surface area contributed by atoms with Crippen LogP contribution < -0.4 is 0 Å². The second-order valence-electron chi connectivity index (χ2n) is 5.52. The summed E-state index contributed by atoms with van der Waals surface area (Å²) in [6, 6.07) is 0. The molecule has 0 aromatic heterocycles. The highest BCUT2D eigenvalue weighted by molar-refractivity contribution is 6.09. The van der Waals surface area contributed by atoms with E-state index in [-0.39, 0.29) is 11.8 Å². The Bertz CT molecular complexity index is 319. The first-order valence-corrected chi connectivity index (χ1v) is 6.61. The first-order valence-electron chi connectivity index (χ1n) is 6.61. The minimum atomic E-state index is -0.774. The minimum absolute atomic E-state index is 0.0197. The van der Waals surface area contributed by atoms with Crippen molar-refractivity contribution in [1.29, 1.82) is 0 Å². The molecule has 0 bridgehead atoms. The molecule has 0 aromatic rings. The van der Waals surface area contributed by atoms with Crippen LogP contribution >= 0.6 is 0 Å². The summed E-state index contributed by atoms with van der Waals surface area (Å²) in [5, 5.41) is 3.39. The van der Waals surface area contributed by atoms with Crippen LogP contribution in [0.1, 0.15) is 40.5 Å². The average Bonchev–Trinajstić information content (AvgIpc) is 2.51. The van der Waals surface area contributed by atoms with Crippen LogP contribution in [-0.2, 0) is 9.59 Å². The third-order valence-electron chi connectivity index (χ3n) is 4.68. The van der Waals surface area contributed by atoms with Crippen molar-refractivity contribution in [2.45, 2.75) is 40.5 Å². The molecule has 2 fully saturated rings. The van der Waals surface area contributed by atoms with Gasteiger partial charge >= 0.3 is 0 Å². The Balaban J connectivity index is 2.35. The molecule has 2 aliphatic heterocycles. The van der Waals surface area contributed by atoms with Crippen molar-refractivity contribution in [3.8, 4) is 0 Å². The van der Waals surface area contributed by atoms with Crippen LogP contribution in [0, 0.1) is 17.3 Å². The third-order valence-corrected chi connectivity index (χ3v) is 4.68. The van der Waals surface area contributed by atoms with E-state index in [1.54, 1.807) is 10.0 Å². The summed E-state index contributed by atoms with van der Waals surface area (Å²) in [7, 11) is 0. The molecule has 0 N–H and O–H groups in total. The maximum atomic E-state index is 12.4. The van der Waals surface area contributed by atoms with Crippen molar-refractivity contribution in [3.63, 3.8) is 0 Å². The van der Waals surface area contributed by atoms with E-state index in [0.29, 0.717) is 37.8 Å². The summed E-state index contributed by atoms with van der Waals surface area (Å²) in [6.07, 6.45) is 1.22. The monoisotopic (exact) mass is 238 g/mol. The Labute approximate surface area is 103 Å². The zero-order valence-electron chi connectivity index (χ0n) is 11.2. The zero-order valence-corrected chi connectivity index (χ0v) is 11.2. The number of amides is 2. The number of carbonyl (C=O) groups excluding carboxylic acids is 2. The molecule has 0 saturated carbocycles. The van der Waals surface area contributed by atoms with E-state index in [9.17, 15) is 9.59 Å². The molecule has 17 heavy (non-hydrogen) atoms. The highest BCUT2D eigenvalue weighted by Crippen LogP contribution is 2.41. The van der Waals surface area contributed by atoms with Gasteiger partial charge in [-0.05, 0) is 24.7 Å². The Hall–Kier alpha value is -1.06. The molecule has 2 saturated heterocycles. The van der Waals surface area contributed by atoms with Crippen LogP contribution in [0.5, 0.6) is 0 Å². The van der Waals surface area contributed by atoms with Crippen molar-refractivity contribution < 1.29 is 9.59 Å². The smallest absolute Gasteiger partial charge is 0.256 e. The topological polar surface area (TPSA) is 40.6 Å². The van der Waals surface area contributed by atoms with Crippen molar-refractivity contribution in [2.24, 2.45) is 17.3 Å². The normalized spacial score (nSPS) is 32.0. The molecule has 0 radical (unpaired) electrons. The van der Waals surface area contributed by atoms with Crippen molar-refractivity contribution in [1.82, 2.24) is 10.0 Å². The van der Waals surface area contributed by atoms with Crippen LogP contribution in [-0.4, -0.2) is 34.9 Å². The van der Waals surface area contributed by atoms with Gasteiger partial charge in [0.1, 0.15) is 5.41 Å². The average molecular weight is 238 g/mol. The highest BCUT2D eigenvalue weighted by Gasteiger charge is 2.57. The first kappa shape index (κ1) is 12.4. The number of hydrogen-bond acceptors (Lipinski definition) is 2. The molecule has 4 heteroatoms. The lowest BCUT2D eigenvalue weighted by Gasteiger charge is -2.39. The van der Waals surface area contributed by atoms with Gasteiger partial charge in [-0.15, -0.1) is 0 Å². The fourth-order valence-electron chi connectivity index (χ4n) is 2.93. The van der Waals surface area contributed by atoms with E-state index < -0.39 is 5.41 Å². The van der Waals surface area contributed by atoms with E-state index in [4.69, 9.17) is 0 Å². The highest BCUT2D eigenvalue weighted by atomic mass is 16.2. The standard InChI is InChI=1S/C13H22N2O2/c1-5-13(6-2)11(16)14-7-9(3)10(4)8-15(14)12(13)17/h9-10H,5-8H2,1-4H3/t9-,10+. The van der Waals surface area contributed by atoms with Crippen LogP contribution in [0.3, 0.4) is 0 Å². The molecular weight excluding hydrogens is 216 g/mol. The number of fused-ring (bicyclic) bond motifs is 1. The summed E-state index contributed by atoms with van der Waals surface area (Å²) in [4.78, 5) is 24.9. The predicted octanol–water partition coefficient (Wildman–Crippen LogP) is 1.66. The number of rotatable bonds is 2. The number of carbonyl (C=O) groups is 2. The largest absolute Gasteiger partial charge is 0.272 e. The summed E-state index contributed by atoms with van der Waals surface area (Å²) in [6.45, 7) is 9.55. The second kappa shape index (κ2) is 4.00. The number of hydrazine groups is 1. The molecule has 2 atom stereocenters. The van der Waals surface area contributed by atoms with Gasteiger partial charge in [-0.2, -0.15) is 0 Å². The lowest BCUT2D eigenvalue weighted by Crippen LogP contribution is -2.51. The molecule has 0 spiro atoms. The summed E-state index contributed by atoms with van der Waals surface area (Å²) in [5.41, 5.74) is -0.774. The summed E-state index contributed by atoms with van der Waals surface area (Å²) < 4.78 is 0. The molecule has 0 unspecified atom stereocenters. The van der Waals surface area contributed by atoms with Gasteiger partial charge < -0.3 is 0 Å². The predicted molar refractivity (Wildman–Crippen MR) is 64.8 cm³/mol. The molecule has 2 rings (SSSR count). The van der Waals surface area contributed by atoms with Gasteiger partial charge in [0.05, 0.1) is 0 Å². The van der Waals surface area contributed by atoms with Gasteiger partial charge in [0.25, 0.3) is 11.8 Å². The number of nitrogens with zero attached hydrogens (tertiary/aromatic N) is 2. The molecule has 2 heterocycles. The van der Waals surface area contributed by atoms with E-state index in [1.807, 2.05) is 13.8 Å². The van der Waals surface area contributed by atoms with Crippen molar-refractivity contribution in [2.75, 3.05) is 13.1 Å². The van der Waals surface area contributed by atoms with Gasteiger partial charge in [-0.25, -0.2) is 0 Å². The van der Waals surface area contributed by atoms with E-state index in [2.05, 4.69) is 13.8 Å². The second-order valence-corrected chi connectivity index (χ2v) is 5.52. The van der Waals surface area contributed by atoms with Crippen LogP contribution in [0.25, 0.3) is 0 Å². The van der Waals surface area contributed by atoms with E-state index >= 15 is 0 Å². The molecule has 4 nitrogen and oxygen atoms in total. The maximum absolute atomic E-state index is 12.4. The Morgan fingerprint density at radius 1 is 1.00 bits per heavy atom. The lowest BCUT2D eigenvalue weighted by molar-refractivity contribution is -0.156. The van der Waals surface area contributed by atoms with Gasteiger partial charge in [0.2, 0.25) is 0 Å². The van der Waals surface area contributed by atoms with Crippen LogP contribution in [0.15, 0.2) is 0 Å². The van der Waals surface area contributed by atoms with Crippen molar-refractivity contribution in [3.05, 3.63) is 0 Å². The van der Waals surface area contributed by atoms with Crippen LogP contribution in [0.2, 0.25) is 0 Å². The Morgan fingerprint density at radius 2 is 1.35 bits per heavy atom. The van der Waals surface area contributed by atoms with E-state index in [0.717, 1.165) is 0 Å². The lowest BCUT2D eigenvalue weighted by atomic mass is 9.81. The Kier molecular flexibility index (Phi) is 2.92. The molecule has 96 valence electrons. The van der Waals surface area contributed by atoms with Gasteiger partial charge in [0, 0.05) is 13.1 Å². The molecule has 0 aliphatic carbocycles. The van der Waals surface area contributed by atoms with Crippen LogP contribution in [0.4, 0.5) is 0 Å². The quantitative estimate of drug-likeness (QED) is 0.687. The Morgan fingerprint density at radius 3 is 1.65 bits per heavy atom. The molecular formula is C13H22N2O2. The van der Waals surface area contributed by atoms with Gasteiger partial charge in [0.15, 0.2) is 0 Å². The fraction of sp³-hybridized carbons (Fsp3) is 0.846. The molecule has 0 aromatic carbocycles. The SMILES string of the molecule is CCC1(CC)C(=O)N2C[C@@H](C)[C@@H](C)CN2C1=O. The van der Waals surface area contributed by atoms with Gasteiger partial charge in [-0.3, -0.25) is 19.6 Å². The van der Waals surface area contributed by atoms with Gasteiger partial charge in [-0.1, -0.05) is 27.7 Å². The zero-order chi connectivity index (χ0) is 12.8. The molecule has 2 amide bonds.